The first-order chi connectivity index (χ1) is 6.31. The monoisotopic (exact) mass is 207 g/mol. The van der Waals surface area contributed by atoms with Crippen LogP contribution in [0.25, 0.3) is 0 Å². The second kappa shape index (κ2) is 22.6. The maximum Gasteiger partial charge on any atom is 0.220 e. The predicted molar refractivity (Wildman–Crippen MR) is 64.4 cm³/mol. The molecule has 0 unspecified atom stereocenters. The fourth-order valence-electron chi connectivity index (χ4n) is 0.434. The van der Waals surface area contributed by atoms with Crippen LogP contribution in [-0.2, 0) is 4.79 Å². The van der Waals surface area contributed by atoms with Crippen molar-refractivity contribution in [2.75, 3.05) is 18.6 Å². The Bertz CT molecular complexity index is 87.0. The van der Waals surface area contributed by atoms with Gasteiger partial charge in [-0.05, 0) is 5.75 Å². The van der Waals surface area contributed by atoms with E-state index in [9.17, 15) is 4.79 Å². The van der Waals surface area contributed by atoms with Gasteiger partial charge in [-0.25, -0.2) is 0 Å². The molecule has 82 valence electrons. The highest BCUT2D eigenvalue weighted by atomic mass is 32.2. The number of hydrogen-bond acceptors (Lipinski definition) is 2. The van der Waals surface area contributed by atoms with E-state index in [0.29, 0.717) is 6.42 Å². The van der Waals surface area contributed by atoms with Gasteiger partial charge in [0, 0.05) is 19.2 Å². The molecule has 0 aliphatic heterocycles. The zero-order valence-electron chi connectivity index (χ0n) is 9.94. The largest absolute Gasteiger partial charge is 0.359 e. The lowest BCUT2D eigenvalue weighted by atomic mass is 10.5. The van der Waals surface area contributed by atoms with Crippen LogP contribution in [0.15, 0.2) is 0 Å². The Morgan fingerprint density at radius 3 is 2.00 bits per heavy atom. The zero-order chi connectivity index (χ0) is 11.1. The van der Waals surface area contributed by atoms with E-state index in [0.717, 1.165) is 11.5 Å². The van der Waals surface area contributed by atoms with Crippen LogP contribution in [0.1, 0.15) is 41.0 Å². The smallest absolute Gasteiger partial charge is 0.220 e. The minimum atomic E-state index is 0.135. The van der Waals surface area contributed by atoms with Crippen molar-refractivity contribution in [3.63, 3.8) is 0 Å². The molecule has 0 radical (unpaired) electrons. The summed E-state index contributed by atoms with van der Waals surface area (Å²) in [5.74, 6) is 2.17. The summed E-state index contributed by atoms with van der Waals surface area (Å²) < 4.78 is 0. The van der Waals surface area contributed by atoms with Crippen molar-refractivity contribution < 1.29 is 4.79 Å². The standard InChI is InChI=1S/C6H13NOS.2C2H6/c1-3-9-5-4-6(8)7-2;2*1-2/h3-5H2,1-2H3,(H,7,8);2*1-2H3. The Morgan fingerprint density at radius 2 is 1.69 bits per heavy atom. The Kier molecular flexibility index (Phi) is 32.3. The zero-order valence-corrected chi connectivity index (χ0v) is 10.8. The van der Waals surface area contributed by atoms with E-state index in [-0.39, 0.29) is 5.91 Å². The molecule has 0 fully saturated rings. The third-order valence-corrected chi connectivity index (χ3v) is 1.86. The first kappa shape index (κ1) is 18.6. The maximum atomic E-state index is 10.6. The highest BCUT2D eigenvalue weighted by Gasteiger charge is 1.94. The molecule has 0 aliphatic rings. The summed E-state index contributed by atoms with van der Waals surface area (Å²) in [6.45, 7) is 10.1. The molecule has 13 heavy (non-hydrogen) atoms. The summed E-state index contributed by atoms with van der Waals surface area (Å²) in [7, 11) is 1.67. The van der Waals surface area contributed by atoms with Crippen molar-refractivity contribution in [3.8, 4) is 0 Å². The van der Waals surface area contributed by atoms with Gasteiger partial charge < -0.3 is 5.32 Å². The van der Waals surface area contributed by atoms with E-state index in [1.165, 1.54) is 0 Å². The van der Waals surface area contributed by atoms with Gasteiger partial charge in [0.1, 0.15) is 0 Å². The van der Waals surface area contributed by atoms with Crippen molar-refractivity contribution >= 4 is 17.7 Å². The maximum absolute atomic E-state index is 10.6. The van der Waals surface area contributed by atoms with Crippen LogP contribution < -0.4 is 5.32 Å². The third kappa shape index (κ3) is 24.5. The Hall–Kier alpha value is -0.180. The summed E-state index contributed by atoms with van der Waals surface area (Å²) in [5, 5.41) is 2.57. The molecule has 0 aliphatic carbocycles. The molecule has 0 bridgehead atoms. The number of amides is 1. The molecular weight excluding hydrogens is 182 g/mol. The molecule has 1 N–H and O–H groups in total. The lowest BCUT2D eigenvalue weighted by molar-refractivity contribution is -0.120. The van der Waals surface area contributed by atoms with Crippen molar-refractivity contribution in [2.24, 2.45) is 0 Å². The SMILES string of the molecule is CC.CC.CCSCCC(=O)NC. The van der Waals surface area contributed by atoms with Crippen LogP contribution in [0, 0.1) is 0 Å². The summed E-state index contributed by atoms with van der Waals surface area (Å²) in [4.78, 5) is 10.6. The topological polar surface area (TPSA) is 29.1 Å². The minimum absolute atomic E-state index is 0.135. The fraction of sp³-hybridized carbons (Fsp3) is 0.900. The lowest BCUT2D eigenvalue weighted by Gasteiger charge is -1.96. The average molecular weight is 207 g/mol. The molecule has 0 spiro atoms. The van der Waals surface area contributed by atoms with E-state index in [1.54, 1.807) is 18.8 Å². The molecule has 0 saturated carbocycles. The van der Waals surface area contributed by atoms with Crippen molar-refractivity contribution in [3.05, 3.63) is 0 Å². The van der Waals surface area contributed by atoms with E-state index < -0.39 is 0 Å². The molecule has 0 saturated heterocycles. The van der Waals surface area contributed by atoms with Crippen LogP contribution in [0.2, 0.25) is 0 Å². The highest BCUT2D eigenvalue weighted by molar-refractivity contribution is 7.99. The van der Waals surface area contributed by atoms with Gasteiger partial charge in [0.2, 0.25) is 5.91 Å². The number of carbonyl (C=O) groups excluding carboxylic acids is 1. The Balaban J connectivity index is -0.000000218. The van der Waals surface area contributed by atoms with Gasteiger partial charge in [0.05, 0.1) is 0 Å². The van der Waals surface area contributed by atoms with E-state index >= 15 is 0 Å². The summed E-state index contributed by atoms with van der Waals surface area (Å²) in [5.41, 5.74) is 0. The summed E-state index contributed by atoms with van der Waals surface area (Å²) in [6.07, 6.45) is 0.648. The van der Waals surface area contributed by atoms with Crippen LogP contribution in [0.3, 0.4) is 0 Å². The molecule has 0 atom stereocenters. The van der Waals surface area contributed by atoms with Gasteiger partial charge >= 0.3 is 0 Å². The molecule has 0 aromatic rings. The van der Waals surface area contributed by atoms with Gasteiger partial charge in [-0.1, -0.05) is 34.6 Å². The molecule has 0 rings (SSSR count). The minimum Gasteiger partial charge on any atom is -0.359 e. The lowest BCUT2D eigenvalue weighted by Crippen LogP contribution is -2.17. The van der Waals surface area contributed by atoms with Crippen LogP contribution in [0.5, 0.6) is 0 Å². The van der Waals surface area contributed by atoms with E-state index in [1.807, 2.05) is 27.7 Å². The second-order valence-electron chi connectivity index (χ2n) is 1.62. The summed E-state index contributed by atoms with van der Waals surface area (Å²) in [6, 6.07) is 0. The number of hydrogen-bond donors (Lipinski definition) is 1. The molecule has 3 heteroatoms. The number of rotatable bonds is 4. The van der Waals surface area contributed by atoms with Gasteiger partial charge in [-0.3, -0.25) is 4.79 Å². The van der Waals surface area contributed by atoms with Crippen molar-refractivity contribution in [2.45, 2.75) is 41.0 Å². The van der Waals surface area contributed by atoms with E-state index in [4.69, 9.17) is 0 Å². The first-order valence-corrected chi connectivity index (χ1v) is 6.25. The van der Waals surface area contributed by atoms with Gasteiger partial charge in [0.25, 0.3) is 0 Å². The molecule has 2 nitrogen and oxygen atoms in total. The van der Waals surface area contributed by atoms with E-state index in [2.05, 4.69) is 12.2 Å². The second-order valence-corrected chi connectivity index (χ2v) is 3.01. The first-order valence-electron chi connectivity index (χ1n) is 5.09. The van der Waals surface area contributed by atoms with Crippen LogP contribution in [0.4, 0.5) is 0 Å². The fourth-order valence-corrected chi connectivity index (χ4v) is 1.05. The average Bonchev–Trinajstić information content (AvgIpc) is 2.24. The normalized spacial score (nSPS) is 7.23. The summed E-state index contributed by atoms with van der Waals surface area (Å²) >= 11 is 1.79. The molecule has 0 aromatic heterocycles. The van der Waals surface area contributed by atoms with Crippen molar-refractivity contribution in [1.82, 2.24) is 5.32 Å². The molecular formula is C10H25NOS. The predicted octanol–water partition coefficient (Wildman–Crippen LogP) is 2.93. The van der Waals surface area contributed by atoms with Crippen LogP contribution in [-0.4, -0.2) is 24.5 Å². The Labute approximate surface area is 87.9 Å². The third-order valence-electron chi connectivity index (χ3n) is 0.956. The van der Waals surface area contributed by atoms with Crippen molar-refractivity contribution in [1.29, 1.82) is 0 Å². The van der Waals surface area contributed by atoms with Gasteiger partial charge in [0.15, 0.2) is 0 Å². The number of nitrogens with one attached hydrogen (secondary N) is 1. The number of carbonyl (C=O) groups is 1. The van der Waals surface area contributed by atoms with Gasteiger partial charge in [-0.2, -0.15) is 11.8 Å². The number of thioether (sulfide) groups is 1. The molecule has 0 aromatic carbocycles. The molecule has 0 heterocycles. The van der Waals surface area contributed by atoms with Gasteiger partial charge in [-0.15, -0.1) is 0 Å². The molecule has 1 amide bonds. The Morgan fingerprint density at radius 1 is 1.23 bits per heavy atom. The van der Waals surface area contributed by atoms with Crippen LogP contribution >= 0.6 is 11.8 Å². The quantitative estimate of drug-likeness (QED) is 0.718. The highest BCUT2D eigenvalue weighted by Crippen LogP contribution is 1.99.